The number of hydrogen-bond donors (Lipinski definition) is 3. The Bertz CT molecular complexity index is 621. The quantitative estimate of drug-likeness (QED) is 0.705. The first kappa shape index (κ1) is 12.5. The number of halogens is 1. The summed E-state index contributed by atoms with van der Waals surface area (Å²) in [5.41, 5.74) is 9.90. The van der Waals surface area contributed by atoms with Crippen molar-refractivity contribution in [2.24, 2.45) is 0 Å². The number of rotatable bonds is 1. The number of phenolic OH excluding ortho intramolecular Hbond substituents is 1. The third kappa shape index (κ3) is 2.12. The highest BCUT2D eigenvalue weighted by molar-refractivity contribution is 9.10. The minimum atomic E-state index is 0.258. The Morgan fingerprint density at radius 1 is 1.21 bits per heavy atom. The molecule has 0 bridgehead atoms. The van der Waals surface area contributed by atoms with Gasteiger partial charge < -0.3 is 10.8 Å². The fourth-order valence-electron chi connectivity index (χ4n) is 2.74. The van der Waals surface area contributed by atoms with Gasteiger partial charge in [0, 0.05) is 11.1 Å². The summed E-state index contributed by atoms with van der Waals surface area (Å²) in [7, 11) is 0. The Morgan fingerprint density at radius 2 is 2.00 bits per heavy atom. The summed E-state index contributed by atoms with van der Waals surface area (Å²) in [6.07, 6.45) is 7.34. The van der Waals surface area contributed by atoms with E-state index in [9.17, 15) is 5.11 Å². The summed E-state index contributed by atoms with van der Waals surface area (Å²) in [6.45, 7) is 0. The van der Waals surface area contributed by atoms with Crippen LogP contribution in [0.25, 0.3) is 11.1 Å². The number of nitrogen functional groups attached to an aromatic ring is 1. The monoisotopic (exact) mass is 321 g/mol. The van der Waals surface area contributed by atoms with Gasteiger partial charge in [-0.2, -0.15) is 5.10 Å². The van der Waals surface area contributed by atoms with Crippen LogP contribution < -0.4 is 5.73 Å². The van der Waals surface area contributed by atoms with Crippen LogP contribution >= 0.6 is 15.9 Å². The molecule has 1 aromatic heterocycles. The number of H-pyrrole nitrogens is 1. The van der Waals surface area contributed by atoms with Gasteiger partial charge in [-0.1, -0.05) is 6.42 Å². The van der Waals surface area contributed by atoms with Crippen molar-refractivity contribution in [3.8, 4) is 16.9 Å². The minimum absolute atomic E-state index is 0.258. The lowest BCUT2D eigenvalue weighted by Gasteiger charge is -2.14. The van der Waals surface area contributed by atoms with Crippen molar-refractivity contribution in [3.63, 3.8) is 0 Å². The van der Waals surface area contributed by atoms with Gasteiger partial charge in [-0.3, -0.25) is 5.10 Å². The topological polar surface area (TPSA) is 74.9 Å². The summed E-state index contributed by atoms with van der Waals surface area (Å²) >= 11 is 3.54. The number of fused-ring (bicyclic) bond motifs is 1. The first-order chi connectivity index (χ1) is 9.18. The lowest BCUT2D eigenvalue weighted by Crippen LogP contribution is -1.96. The van der Waals surface area contributed by atoms with Crippen LogP contribution in [0.4, 0.5) is 5.82 Å². The van der Waals surface area contributed by atoms with Crippen LogP contribution in [0.1, 0.15) is 30.4 Å². The lowest BCUT2D eigenvalue weighted by molar-refractivity contribution is 0.472. The third-order valence-electron chi connectivity index (χ3n) is 3.77. The number of aromatic hydroxyl groups is 1. The number of anilines is 1. The van der Waals surface area contributed by atoms with Crippen LogP contribution in [0, 0.1) is 0 Å². The molecule has 0 atom stereocenters. The fraction of sp³-hybridized carbons (Fsp3) is 0.357. The summed E-state index contributed by atoms with van der Waals surface area (Å²) in [5.74, 6) is 0.740. The van der Waals surface area contributed by atoms with E-state index in [0.717, 1.165) is 28.4 Å². The largest absolute Gasteiger partial charge is 0.506 e. The van der Waals surface area contributed by atoms with Crippen LogP contribution in [0.5, 0.6) is 5.75 Å². The number of aryl methyl sites for hydroxylation is 1. The number of aromatic amines is 1. The van der Waals surface area contributed by atoms with Crippen molar-refractivity contribution in [2.45, 2.75) is 32.1 Å². The maximum atomic E-state index is 10.4. The fourth-order valence-corrected chi connectivity index (χ4v) is 3.40. The van der Waals surface area contributed by atoms with Crippen molar-refractivity contribution in [1.29, 1.82) is 0 Å². The van der Waals surface area contributed by atoms with E-state index in [1.165, 1.54) is 30.4 Å². The molecule has 0 aliphatic heterocycles. The van der Waals surface area contributed by atoms with Crippen LogP contribution in [-0.4, -0.2) is 15.3 Å². The van der Waals surface area contributed by atoms with E-state index in [2.05, 4.69) is 32.2 Å². The number of nitrogens with two attached hydrogens (primary N) is 1. The predicted molar refractivity (Wildman–Crippen MR) is 79.1 cm³/mol. The van der Waals surface area contributed by atoms with Crippen molar-refractivity contribution in [3.05, 3.63) is 27.9 Å². The molecule has 4 N–H and O–H groups in total. The molecular weight excluding hydrogens is 306 g/mol. The molecule has 0 spiro atoms. The van der Waals surface area contributed by atoms with Gasteiger partial charge in [0.1, 0.15) is 11.6 Å². The van der Waals surface area contributed by atoms with Crippen molar-refractivity contribution >= 4 is 21.7 Å². The van der Waals surface area contributed by atoms with Gasteiger partial charge in [-0.15, -0.1) is 0 Å². The molecule has 1 heterocycles. The molecule has 0 saturated carbocycles. The molecule has 1 aromatic carbocycles. The Morgan fingerprint density at radius 3 is 2.74 bits per heavy atom. The maximum absolute atomic E-state index is 10.4. The van der Waals surface area contributed by atoms with Crippen molar-refractivity contribution in [1.82, 2.24) is 10.2 Å². The van der Waals surface area contributed by atoms with Gasteiger partial charge in [0.25, 0.3) is 0 Å². The molecule has 2 aromatic rings. The molecule has 0 amide bonds. The van der Waals surface area contributed by atoms with Crippen molar-refractivity contribution < 1.29 is 5.11 Å². The second-order valence-corrected chi connectivity index (χ2v) is 5.78. The maximum Gasteiger partial charge on any atom is 0.138 e. The van der Waals surface area contributed by atoms with E-state index < -0.39 is 0 Å². The third-order valence-corrected chi connectivity index (χ3v) is 4.62. The summed E-state index contributed by atoms with van der Waals surface area (Å²) in [6, 6.07) is 2.06. The zero-order chi connectivity index (χ0) is 13.4. The molecular formula is C14H16BrN3O. The molecule has 100 valence electrons. The second-order valence-electron chi connectivity index (χ2n) is 4.98. The molecule has 0 unspecified atom stereocenters. The van der Waals surface area contributed by atoms with E-state index in [1.54, 1.807) is 6.20 Å². The van der Waals surface area contributed by atoms with Gasteiger partial charge in [-0.05, 0) is 58.8 Å². The number of aromatic nitrogens is 2. The molecule has 5 heteroatoms. The number of benzene rings is 1. The van der Waals surface area contributed by atoms with Crippen LogP contribution in [0.15, 0.2) is 16.7 Å². The molecule has 0 radical (unpaired) electrons. The van der Waals surface area contributed by atoms with E-state index in [4.69, 9.17) is 5.73 Å². The van der Waals surface area contributed by atoms with E-state index in [0.29, 0.717) is 5.82 Å². The number of hydrogen-bond acceptors (Lipinski definition) is 3. The van der Waals surface area contributed by atoms with Crippen LogP contribution in [0.3, 0.4) is 0 Å². The van der Waals surface area contributed by atoms with Gasteiger partial charge in [-0.25, -0.2) is 0 Å². The summed E-state index contributed by atoms with van der Waals surface area (Å²) in [5, 5.41) is 17.0. The predicted octanol–water partition coefficient (Wildman–Crippen LogP) is 3.40. The molecule has 3 rings (SSSR count). The second kappa shape index (κ2) is 4.89. The highest BCUT2D eigenvalue weighted by Crippen LogP contribution is 2.42. The summed E-state index contributed by atoms with van der Waals surface area (Å²) < 4.78 is 0.808. The van der Waals surface area contributed by atoms with E-state index >= 15 is 0 Å². The average molecular weight is 322 g/mol. The number of nitrogens with one attached hydrogen (secondary N) is 1. The van der Waals surface area contributed by atoms with Crippen molar-refractivity contribution in [2.75, 3.05) is 5.73 Å². The Labute approximate surface area is 120 Å². The van der Waals surface area contributed by atoms with Gasteiger partial charge in [0.05, 0.1) is 10.7 Å². The highest BCUT2D eigenvalue weighted by Gasteiger charge is 2.20. The van der Waals surface area contributed by atoms with E-state index in [1.807, 2.05) is 0 Å². The molecule has 4 nitrogen and oxygen atoms in total. The normalized spacial score (nSPS) is 15.0. The Hall–Kier alpha value is -1.49. The SMILES string of the molecule is Nc1[nH]ncc1-c1cc2c(c(Br)c1O)CCCCC2. The van der Waals surface area contributed by atoms with Gasteiger partial charge in [0.2, 0.25) is 0 Å². The van der Waals surface area contributed by atoms with Crippen LogP contribution in [0.2, 0.25) is 0 Å². The molecule has 1 aliphatic rings. The molecule has 19 heavy (non-hydrogen) atoms. The zero-order valence-corrected chi connectivity index (χ0v) is 12.1. The Kier molecular flexibility index (Phi) is 3.22. The zero-order valence-electron chi connectivity index (χ0n) is 10.5. The smallest absolute Gasteiger partial charge is 0.138 e. The molecule has 0 saturated heterocycles. The highest BCUT2D eigenvalue weighted by atomic mass is 79.9. The van der Waals surface area contributed by atoms with Crippen LogP contribution in [-0.2, 0) is 12.8 Å². The first-order valence-electron chi connectivity index (χ1n) is 6.51. The van der Waals surface area contributed by atoms with Gasteiger partial charge >= 0.3 is 0 Å². The number of nitrogens with zero attached hydrogens (tertiary/aromatic N) is 1. The lowest BCUT2D eigenvalue weighted by atomic mass is 9.96. The van der Waals surface area contributed by atoms with E-state index in [-0.39, 0.29) is 5.75 Å². The van der Waals surface area contributed by atoms with Gasteiger partial charge in [0.15, 0.2) is 0 Å². The molecule has 1 aliphatic carbocycles. The molecule has 0 fully saturated rings. The number of phenols is 1. The average Bonchev–Trinajstić information content (AvgIpc) is 2.68. The minimum Gasteiger partial charge on any atom is -0.506 e. The Balaban J connectivity index is 2.19. The first-order valence-corrected chi connectivity index (χ1v) is 7.30. The standard InChI is InChI=1S/C14H16BrN3O/c15-12-9-5-3-1-2-4-8(9)6-10(13(12)19)11-7-17-18-14(11)16/h6-7,19H,1-5H2,(H3,16,17,18). The summed E-state index contributed by atoms with van der Waals surface area (Å²) in [4.78, 5) is 0.